The molecule has 0 unspecified atom stereocenters. The Morgan fingerprint density at radius 3 is 2.38 bits per heavy atom. The van der Waals surface area contributed by atoms with Crippen molar-refractivity contribution in [2.45, 2.75) is 26.7 Å². The monoisotopic (exact) mass is 312 g/mol. The zero-order chi connectivity index (χ0) is 16.7. The van der Waals surface area contributed by atoms with Gasteiger partial charge in [-0.15, -0.1) is 0 Å². The normalized spacial score (nSPS) is 11.5. The smallest absolute Gasteiger partial charge is 0.0969 e. The molecule has 4 rings (SSSR count). The minimum absolute atomic E-state index is 0.317. The Morgan fingerprint density at radius 2 is 1.62 bits per heavy atom. The van der Waals surface area contributed by atoms with Gasteiger partial charge in [0.25, 0.3) is 0 Å². The SMILES string of the molecule is Cc1ccc2c(ccc3nc(-c4ccccc4)c(C(C)C)nc32)c1. The van der Waals surface area contributed by atoms with E-state index in [2.05, 4.69) is 75.4 Å². The number of hydrogen-bond donors (Lipinski definition) is 0. The van der Waals surface area contributed by atoms with E-state index in [-0.39, 0.29) is 0 Å². The molecule has 0 radical (unpaired) electrons. The Morgan fingerprint density at radius 1 is 0.833 bits per heavy atom. The van der Waals surface area contributed by atoms with Crippen LogP contribution in [-0.2, 0) is 0 Å². The summed E-state index contributed by atoms with van der Waals surface area (Å²) in [7, 11) is 0. The summed E-state index contributed by atoms with van der Waals surface area (Å²) >= 11 is 0. The summed E-state index contributed by atoms with van der Waals surface area (Å²) in [5.74, 6) is 0.317. The molecule has 0 saturated heterocycles. The molecule has 0 amide bonds. The van der Waals surface area contributed by atoms with Crippen LogP contribution in [-0.4, -0.2) is 9.97 Å². The quantitative estimate of drug-likeness (QED) is 0.432. The molecule has 24 heavy (non-hydrogen) atoms. The molecule has 0 fully saturated rings. The number of nitrogens with zero attached hydrogens (tertiary/aromatic N) is 2. The predicted octanol–water partition coefficient (Wildman–Crippen LogP) is 5.88. The van der Waals surface area contributed by atoms with Crippen LogP contribution >= 0.6 is 0 Å². The van der Waals surface area contributed by atoms with Crippen LogP contribution in [0.5, 0.6) is 0 Å². The first kappa shape index (κ1) is 14.8. The van der Waals surface area contributed by atoms with Crippen LogP contribution in [0.2, 0.25) is 0 Å². The van der Waals surface area contributed by atoms with E-state index >= 15 is 0 Å². The molecule has 0 spiro atoms. The second-order valence-corrected chi connectivity index (χ2v) is 6.64. The van der Waals surface area contributed by atoms with Crippen molar-refractivity contribution in [3.05, 3.63) is 71.9 Å². The molecule has 0 aliphatic heterocycles. The molecule has 118 valence electrons. The Kier molecular flexibility index (Phi) is 3.53. The number of rotatable bonds is 2. The summed E-state index contributed by atoms with van der Waals surface area (Å²) < 4.78 is 0. The molecular formula is C22H20N2. The lowest BCUT2D eigenvalue weighted by Crippen LogP contribution is -2.01. The molecule has 4 aromatic rings. The van der Waals surface area contributed by atoms with Gasteiger partial charge >= 0.3 is 0 Å². The summed E-state index contributed by atoms with van der Waals surface area (Å²) in [5.41, 5.74) is 6.39. The molecule has 0 N–H and O–H groups in total. The first-order valence-corrected chi connectivity index (χ1v) is 8.40. The van der Waals surface area contributed by atoms with E-state index in [9.17, 15) is 0 Å². The number of hydrogen-bond acceptors (Lipinski definition) is 2. The molecule has 1 aromatic heterocycles. The summed E-state index contributed by atoms with van der Waals surface area (Å²) in [6.07, 6.45) is 0. The largest absolute Gasteiger partial charge is 0.248 e. The third-order valence-corrected chi connectivity index (χ3v) is 4.43. The zero-order valence-electron chi connectivity index (χ0n) is 14.2. The lowest BCUT2D eigenvalue weighted by Gasteiger charge is -2.14. The number of aryl methyl sites for hydroxylation is 1. The van der Waals surface area contributed by atoms with Gasteiger partial charge in [0.1, 0.15) is 0 Å². The lowest BCUT2D eigenvalue weighted by molar-refractivity contribution is 0.826. The third-order valence-electron chi connectivity index (χ3n) is 4.43. The highest BCUT2D eigenvalue weighted by Gasteiger charge is 2.15. The molecule has 0 saturated carbocycles. The van der Waals surface area contributed by atoms with Gasteiger partial charge in [-0.25, -0.2) is 9.97 Å². The first-order chi connectivity index (χ1) is 11.6. The number of fused-ring (bicyclic) bond motifs is 3. The van der Waals surface area contributed by atoms with Gasteiger partial charge in [0, 0.05) is 10.9 Å². The number of aromatic nitrogens is 2. The van der Waals surface area contributed by atoms with Crippen molar-refractivity contribution in [3.8, 4) is 11.3 Å². The van der Waals surface area contributed by atoms with Crippen molar-refractivity contribution >= 4 is 21.8 Å². The zero-order valence-corrected chi connectivity index (χ0v) is 14.2. The van der Waals surface area contributed by atoms with Crippen LogP contribution < -0.4 is 0 Å². The minimum Gasteiger partial charge on any atom is -0.248 e. The van der Waals surface area contributed by atoms with Crippen LogP contribution in [0.25, 0.3) is 33.1 Å². The minimum atomic E-state index is 0.317. The Bertz CT molecular complexity index is 1030. The van der Waals surface area contributed by atoms with Crippen molar-refractivity contribution in [2.24, 2.45) is 0 Å². The maximum atomic E-state index is 5.05. The lowest BCUT2D eigenvalue weighted by atomic mass is 10.0. The standard InChI is InChI=1S/C22H20N2/c1-14(2)20-21(16-7-5-4-6-8-16)23-19-12-10-17-13-15(3)9-11-18(17)22(19)24-20/h4-14H,1-3H3. The highest BCUT2D eigenvalue weighted by molar-refractivity contribution is 6.04. The van der Waals surface area contributed by atoms with Gasteiger partial charge in [0.05, 0.1) is 22.4 Å². The maximum Gasteiger partial charge on any atom is 0.0969 e. The molecule has 2 heteroatoms. The van der Waals surface area contributed by atoms with E-state index in [0.717, 1.165) is 28.0 Å². The fourth-order valence-electron chi connectivity index (χ4n) is 3.19. The van der Waals surface area contributed by atoms with E-state index in [0.29, 0.717) is 5.92 Å². The maximum absolute atomic E-state index is 5.05. The van der Waals surface area contributed by atoms with Crippen molar-refractivity contribution in [3.63, 3.8) is 0 Å². The third kappa shape index (κ3) is 2.44. The van der Waals surface area contributed by atoms with Gasteiger partial charge in [-0.1, -0.05) is 74.0 Å². The molecule has 1 heterocycles. The summed E-state index contributed by atoms with van der Waals surface area (Å²) in [5, 5.41) is 2.39. The average Bonchev–Trinajstić information content (AvgIpc) is 2.60. The number of benzene rings is 3. The average molecular weight is 312 g/mol. The van der Waals surface area contributed by atoms with Gasteiger partial charge in [-0.3, -0.25) is 0 Å². The fraction of sp³-hybridized carbons (Fsp3) is 0.182. The molecule has 0 aliphatic rings. The molecule has 0 aliphatic carbocycles. The Balaban J connectivity index is 2.07. The van der Waals surface area contributed by atoms with Crippen LogP contribution in [0.4, 0.5) is 0 Å². The molecule has 2 nitrogen and oxygen atoms in total. The van der Waals surface area contributed by atoms with Gasteiger partial charge in [0.2, 0.25) is 0 Å². The highest BCUT2D eigenvalue weighted by Crippen LogP contribution is 2.31. The molecular weight excluding hydrogens is 292 g/mol. The van der Waals surface area contributed by atoms with Crippen LogP contribution in [0.3, 0.4) is 0 Å². The van der Waals surface area contributed by atoms with E-state index in [1.165, 1.54) is 16.3 Å². The second kappa shape index (κ2) is 5.72. The van der Waals surface area contributed by atoms with E-state index < -0.39 is 0 Å². The Labute approximate surface area is 142 Å². The topological polar surface area (TPSA) is 25.8 Å². The summed E-state index contributed by atoms with van der Waals surface area (Å²) in [6, 6.07) is 21.1. The van der Waals surface area contributed by atoms with Gasteiger partial charge in [-0.05, 0) is 24.3 Å². The van der Waals surface area contributed by atoms with Crippen LogP contribution in [0, 0.1) is 6.92 Å². The van der Waals surface area contributed by atoms with Crippen molar-refractivity contribution < 1.29 is 0 Å². The first-order valence-electron chi connectivity index (χ1n) is 8.40. The summed E-state index contributed by atoms with van der Waals surface area (Å²) in [4.78, 5) is 10.0. The molecule has 0 atom stereocenters. The van der Waals surface area contributed by atoms with Crippen LogP contribution in [0.1, 0.15) is 31.0 Å². The van der Waals surface area contributed by atoms with Gasteiger partial charge in [0.15, 0.2) is 0 Å². The second-order valence-electron chi connectivity index (χ2n) is 6.64. The van der Waals surface area contributed by atoms with E-state index in [4.69, 9.17) is 9.97 Å². The fourth-order valence-corrected chi connectivity index (χ4v) is 3.19. The predicted molar refractivity (Wildman–Crippen MR) is 101 cm³/mol. The van der Waals surface area contributed by atoms with E-state index in [1.54, 1.807) is 0 Å². The van der Waals surface area contributed by atoms with Gasteiger partial charge < -0.3 is 0 Å². The van der Waals surface area contributed by atoms with E-state index in [1.807, 2.05) is 6.07 Å². The van der Waals surface area contributed by atoms with Crippen LogP contribution in [0.15, 0.2) is 60.7 Å². The summed E-state index contributed by atoms with van der Waals surface area (Å²) in [6.45, 7) is 6.47. The Hall–Kier alpha value is -2.74. The molecule has 0 bridgehead atoms. The highest BCUT2D eigenvalue weighted by atomic mass is 14.8. The molecule has 3 aromatic carbocycles. The van der Waals surface area contributed by atoms with Crippen molar-refractivity contribution in [2.75, 3.05) is 0 Å². The van der Waals surface area contributed by atoms with Crippen molar-refractivity contribution in [1.29, 1.82) is 0 Å². The van der Waals surface area contributed by atoms with Crippen molar-refractivity contribution in [1.82, 2.24) is 9.97 Å². The van der Waals surface area contributed by atoms with Gasteiger partial charge in [-0.2, -0.15) is 0 Å².